The van der Waals surface area contributed by atoms with E-state index < -0.39 is 39.5 Å². The number of aromatic nitrogens is 2. The van der Waals surface area contributed by atoms with Crippen molar-refractivity contribution in [1.82, 2.24) is 14.9 Å². The maximum Gasteiger partial charge on any atom is 0.331 e. The van der Waals surface area contributed by atoms with Crippen LogP contribution in [-0.2, 0) is 25.9 Å². The zero-order valence-corrected chi connectivity index (χ0v) is 18.9. The Bertz CT molecular complexity index is 1190. The van der Waals surface area contributed by atoms with Gasteiger partial charge in [0.15, 0.2) is 6.04 Å². The molecule has 10 nitrogen and oxygen atoms in total. The number of ether oxygens (including phenoxy) is 2. The number of hydrogen-bond acceptors (Lipinski definition) is 9. The van der Waals surface area contributed by atoms with Gasteiger partial charge in [-0.3, -0.25) is 4.79 Å². The minimum absolute atomic E-state index is 0.0581. The topological polar surface area (TPSA) is 136 Å². The van der Waals surface area contributed by atoms with Crippen LogP contribution in [0, 0.1) is 0 Å². The molecule has 1 atom stereocenters. The monoisotopic (exact) mass is 489 g/mol. The molecule has 166 valence electrons. The lowest BCUT2D eigenvalue weighted by Crippen LogP contribution is -2.44. The number of sulfone groups is 1. The van der Waals surface area contributed by atoms with E-state index in [0.717, 1.165) is 18.3 Å². The van der Waals surface area contributed by atoms with Crippen molar-refractivity contribution < 1.29 is 32.6 Å². The highest BCUT2D eigenvalue weighted by molar-refractivity contribution is 7.90. The van der Waals surface area contributed by atoms with Crippen LogP contribution in [0.2, 0.25) is 10.0 Å². The highest BCUT2D eigenvalue weighted by Gasteiger charge is 2.41. The van der Waals surface area contributed by atoms with Gasteiger partial charge in [-0.25, -0.2) is 23.2 Å². The van der Waals surface area contributed by atoms with Gasteiger partial charge in [-0.2, -0.15) is 0 Å². The van der Waals surface area contributed by atoms with Gasteiger partial charge in [0.2, 0.25) is 15.0 Å². The number of rotatable bonds is 6. The third-order valence-electron chi connectivity index (χ3n) is 4.63. The second-order valence-electron chi connectivity index (χ2n) is 6.58. The van der Waals surface area contributed by atoms with E-state index in [-0.39, 0.29) is 44.9 Å². The molecular weight excluding hydrogens is 473 g/mol. The third kappa shape index (κ3) is 4.18. The van der Waals surface area contributed by atoms with Crippen molar-refractivity contribution in [3.63, 3.8) is 0 Å². The molecule has 0 saturated heterocycles. The summed E-state index contributed by atoms with van der Waals surface area (Å²) in [5.41, 5.74) is 0.311. The van der Waals surface area contributed by atoms with Gasteiger partial charge >= 0.3 is 5.97 Å². The van der Waals surface area contributed by atoms with Gasteiger partial charge < -0.3 is 19.5 Å². The van der Waals surface area contributed by atoms with E-state index in [2.05, 4.69) is 14.7 Å². The summed E-state index contributed by atoms with van der Waals surface area (Å²) in [5.74, 6) is -1.35. The van der Waals surface area contributed by atoms with Crippen molar-refractivity contribution in [2.24, 2.45) is 0 Å². The molecule has 2 aromatic rings. The van der Waals surface area contributed by atoms with E-state index in [1.807, 2.05) is 0 Å². The molecule has 2 heterocycles. The molecule has 0 radical (unpaired) electrons. The summed E-state index contributed by atoms with van der Waals surface area (Å²) in [4.78, 5) is 34.1. The maximum absolute atomic E-state index is 13.0. The van der Waals surface area contributed by atoms with E-state index >= 15 is 0 Å². The normalized spacial score (nSPS) is 14.4. The predicted octanol–water partition coefficient (Wildman–Crippen LogP) is 1.35. The highest BCUT2D eigenvalue weighted by atomic mass is 35.5. The summed E-state index contributed by atoms with van der Waals surface area (Å²) in [6.07, 6.45) is 0.894. The lowest BCUT2D eigenvalue weighted by molar-refractivity contribution is -0.147. The van der Waals surface area contributed by atoms with Crippen LogP contribution in [0.25, 0.3) is 11.3 Å². The van der Waals surface area contributed by atoms with Crippen molar-refractivity contribution >= 4 is 44.9 Å². The summed E-state index contributed by atoms with van der Waals surface area (Å²) in [6.45, 7) is -0.890. The molecule has 31 heavy (non-hydrogen) atoms. The van der Waals surface area contributed by atoms with E-state index in [9.17, 15) is 23.1 Å². The lowest BCUT2D eigenvalue weighted by Gasteiger charge is -2.23. The predicted molar refractivity (Wildman–Crippen MR) is 110 cm³/mol. The van der Waals surface area contributed by atoms with Crippen LogP contribution in [0.5, 0.6) is 5.75 Å². The summed E-state index contributed by atoms with van der Waals surface area (Å²) in [5, 5.41) is 9.37. The summed E-state index contributed by atoms with van der Waals surface area (Å²) in [7, 11) is -1.41. The molecule has 1 aliphatic rings. The first-order valence-corrected chi connectivity index (χ1v) is 11.3. The number of esters is 1. The fourth-order valence-electron chi connectivity index (χ4n) is 3.11. The standard InChI is InChI=1S/C18H17Cl2N3O7S/c1-29-13-4-8(10(19)5-11(13)20)14-9-6-23(12(7-24)17(26)30-2)16(25)15(9)22-18(21-14)31(3,27)28/h4-5,12,24H,6-7H2,1-3H3. The van der Waals surface area contributed by atoms with Crippen molar-refractivity contribution in [2.75, 3.05) is 27.1 Å². The number of aliphatic hydroxyl groups excluding tert-OH is 1. The lowest BCUT2D eigenvalue weighted by atomic mass is 10.1. The van der Waals surface area contributed by atoms with Crippen LogP contribution >= 0.6 is 23.2 Å². The number of nitrogens with zero attached hydrogens (tertiary/aromatic N) is 3. The molecular formula is C18H17Cl2N3O7S. The minimum atomic E-state index is -3.91. The SMILES string of the molecule is COC(=O)C(CO)N1Cc2c(nc(S(C)(=O)=O)nc2-c2cc(OC)c(Cl)cc2Cl)C1=O. The Hall–Kier alpha value is -2.47. The van der Waals surface area contributed by atoms with E-state index in [4.69, 9.17) is 27.9 Å². The van der Waals surface area contributed by atoms with Gasteiger partial charge in [0.05, 0.1) is 43.1 Å². The number of fused-ring (bicyclic) bond motifs is 1. The van der Waals surface area contributed by atoms with Gasteiger partial charge in [-0.1, -0.05) is 23.2 Å². The largest absolute Gasteiger partial charge is 0.495 e. The average molecular weight is 490 g/mol. The summed E-state index contributed by atoms with van der Waals surface area (Å²) in [6, 6.07) is 1.54. The molecule has 1 unspecified atom stereocenters. The summed E-state index contributed by atoms with van der Waals surface area (Å²) >= 11 is 12.4. The Labute approximate surface area is 187 Å². The van der Waals surface area contributed by atoms with Crippen molar-refractivity contribution in [3.05, 3.63) is 33.4 Å². The third-order valence-corrected chi connectivity index (χ3v) is 6.08. The van der Waals surface area contributed by atoms with Crippen LogP contribution in [0.15, 0.2) is 17.3 Å². The Morgan fingerprint density at radius 2 is 1.87 bits per heavy atom. The molecule has 0 fully saturated rings. The number of aliphatic hydroxyl groups is 1. The van der Waals surface area contributed by atoms with Gasteiger partial charge in [-0.05, 0) is 12.1 Å². The van der Waals surface area contributed by atoms with Crippen LogP contribution in [0.4, 0.5) is 0 Å². The zero-order valence-electron chi connectivity index (χ0n) is 16.5. The van der Waals surface area contributed by atoms with Gasteiger partial charge in [0, 0.05) is 17.4 Å². The first kappa shape index (κ1) is 23.2. The molecule has 0 aliphatic carbocycles. The molecule has 3 rings (SSSR count). The highest BCUT2D eigenvalue weighted by Crippen LogP contribution is 2.40. The van der Waals surface area contributed by atoms with Crippen LogP contribution < -0.4 is 4.74 Å². The van der Waals surface area contributed by atoms with Crippen LogP contribution in [-0.4, -0.2) is 73.4 Å². The second kappa shape index (κ2) is 8.58. The van der Waals surface area contributed by atoms with E-state index in [1.165, 1.54) is 19.2 Å². The number of halogens is 2. The molecule has 0 saturated carbocycles. The molecule has 0 spiro atoms. The Morgan fingerprint density at radius 3 is 2.42 bits per heavy atom. The quantitative estimate of drug-likeness (QED) is 0.470. The van der Waals surface area contributed by atoms with Crippen LogP contribution in [0.1, 0.15) is 16.1 Å². The molecule has 1 N–H and O–H groups in total. The Kier molecular flexibility index (Phi) is 6.42. The number of amides is 1. The van der Waals surface area contributed by atoms with Gasteiger partial charge in [0.1, 0.15) is 11.4 Å². The number of methoxy groups -OCH3 is 2. The molecule has 1 aromatic carbocycles. The second-order valence-corrected chi connectivity index (χ2v) is 9.30. The smallest absolute Gasteiger partial charge is 0.331 e. The minimum Gasteiger partial charge on any atom is -0.495 e. The first-order valence-electron chi connectivity index (χ1n) is 8.67. The molecule has 13 heteroatoms. The zero-order chi connectivity index (χ0) is 23.1. The maximum atomic E-state index is 13.0. The summed E-state index contributed by atoms with van der Waals surface area (Å²) < 4.78 is 34.2. The van der Waals surface area contributed by atoms with Gasteiger partial charge in [-0.15, -0.1) is 0 Å². The molecule has 0 bridgehead atoms. The number of hydrogen-bond donors (Lipinski definition) is 1. The Balaban J connectivity index is 2.27. The number of benzene rings is 1. The van der Waals surface area contributed by atoms with Crippen molar-refractivity contribution in [1.29, 1.82) is 0 Å². The van der Waals surface area contributed by atoms with Crippen LogP contribution in [0.3, 0.4) is 0 Å². The molecule has 1 aromatic heterocycles. The molecule has 1 aliphatic heterocycles. The van der Waals surface area contributed by atoms with Crippen molar-refractivity contribution in [2.45, 2.75) is 17.7 Å². The number of carbonyl (C=O) groups is 2. The van der Waals surface area contributed by atoms with E-state index in [0.29, 0.717) is 0 Å². The average Bonchev–Trinajstić information content (AvgIpc) is 3.04. The van der Waals surface area contributed by atoms with Gasteiger partial charge in [0.25, 0.3) is 5.91 Å². The first-order chi connectivity index (χ1) is 14.5. The fourth-order valence-corrected chi connectivity index (χ4v) is 4.18. The number of carbonyl (C=O) groups excluding carboxylic acids is 2. The Morgan fingerprint density at radius 1 is 1.23 bits per heavy atom. The van der Waals surface area contributed by atoms with E-state index in [1.54, 1.807) is 0 Å². The van der Waals surface area contributed by atoms with Crippen molar-refractivity contribution in [3.8, 4) is 17.0 Å². The molecule has 1 amide bonds. The fraction of sp³-hybridized carbons (Fsp3) is 0.333.